The van der Waals surface area contributed by atoms with Crippen molar-refractivity contribution >= 4 is 15.9 Å². The van der Waals surface area contributed by atoms with Gasteiger partial charge in [0.15, 0.2) is 0 Å². The van der Waals surface area contributed by atoms with E-state index >= 15 is 0 Å². The first-order valence-corrected chi connectivity index (χ1v) is 4.81. The minimum Gasteiger partial charge on any atom is -0.497 e. The molecule has 0 heterocycles. The fraction of sp³-hybridized carbons (Fsp3) is 0.333. The Morgan fingerprint density at radius 2 is 2.00 bits per heavy atom. The summed E-state index contributed by atoms with van der Waals surface area (Å²) in [6.07, 6.45) is 0. The second-order valence-electron chi connectivity index (χ2n) is 2.42. The second-order valence-corrected chi connectivity index (χ2v) is 2.98. The Kier molecular flexibility index (Phi) is 3.54. The third-order valence-corrected chi connectivity index (χ3v) is 2.28. The molecule has 0 aliphatic heterocycles. The van der Waals surface area contributed by atoms with E-state index in [0.717, 1.165) is 0 Å². The van der Waals surface area contributed by atoms with Crippen LogP contribution in [-0.4, -0.2) is 14.2 Å². The number of hydrogen-bond donors (Lipinski definition) is 0. The van der Waals surface area contributed by atoms with Gasteiger partial charge in [-0.3, -0.25) is 0 Å². The van der Waals surface area contributed by atoms with Crippen LogP contribution >= 0.6 is 15.9 Å². The Morgan fingerprint density at radius 3 is 2.46 bits per heavy atom. The standard InChI is InChI=1S/C9H10BrFO2/c1-12-6-3-8(11)7(5-10)9(4-6)13-2/h3-4H,5H2,1-2H3. The molecule has 0 aliphatic rings. The highest BCUT2D eigenvalue weighted by atomic mass is 79.9. The van der Waals surface area contributed by atoms with Gasteiger partial charge in [-0.1, -0.05) is 15.9 Å². The van der Waals surface area contributed by atoms with Crippen molar-refractivity contribution in [1.29, 1.82) is 0 Å². The zero-order valence-corrected chi connectivity index (χ0v) is 9.02. The van der Waals surface area contributed by atoms with Crippen molar-refractivity contribution < 1.29 is 13.9 Å². The number of benzene rings is 1. The van der Waals surface area contributed by atoms with Gasteiger partial charge < -0.3 is 9.47 Å². The number of hydrogen-bond acceptors (Lipinski definition) is 2. The van der Waals surface area contributed by atoms with E-state index in [1.165, 1.54) is 20.3 Å². The molecule has 0 aliphatic carbocycles. The first-order valence-electron chi connectivity index (χ1n) is 3.69. The molecule has 0 atom stereocenters. The van der Waals surface area contributed by atoms with Gasteiger partial charge in [-0.25, -0.2) is 4.39 Å². The van der Waals surface area contributed by atoms with Crippen molar-refractivity contribution in [1.82, 2.24) is 0 Å². The molecule has 0 unspecified atom stereocenters. The third kappa shape index (κ3) is 2.12. The van der Waals surface area contributed by atoms with Gasteiger partial charge in [-0.15, -0.1) is 0 Å². The molecule has 0 spiro atoms. The molecule has 1 rings (SSSR count). The van der Waals surface area contributed by atoms with Crippen LogP contribution in [0.1, 0.15) is 5.56 Å². The maximum Gasteiger partial charge on any atom is 0.134 e. The molecule has 0 fully saturated rings. The van der Waals surface area contributed by atoms with Crippen LogP contribution in [0, 0.1) is 5.82 Å². The highest BCUT2D eigenvalue weighted by Crippen LogP contribution is 2.29. The fourth-order valence-electron chi connectivity index (χ4n) is 1.02. The van der Waals surface area contributed by atoms with Crippen LogP contribution in [0.4, 0.5) is 4.39 Å². The lowest BCUT2D eigenvalue weighted by atomic mass is 10.2. The zero-order chi connectivity index (χ0) is 9.84. The molecule has 2 nitrogen and oxygen atoms in total. The van der Waals surface area contributed by atoms with Crippen LogP contribution in [0.25, 0.3) is 0 Å². The third-order valence-electron chi connectivity index (χ3n) is 1.72. The van der Waals surface area contributed by atoms with Gasteiger partial charge in [0.2, 0.25) is 0 Å². The molecule has 0 aromatic heterocycles. The predicted octanol–water partition coefficient (Wildman–Crippen LogP) is 2.74. The Balaban J connectivity index is 3.20. The molecular weight excluding hydrogens is 239 g/mol. The molecule has 1 aromatic rings. The summed E-state index contributed by atoms with van der Waals surface area (Å²) in [5.74, 6) is 0.626. The van der Waals surface area contributed by atoms with Crippen LogP contribution in [0.2, 0.25) is 0 Å². The van der Waals surface area contributed by atoms with Crippen LogP contribution in [0.3, 0.4) is 0 Å². The lowest BCUT2D eigenvalue weighted by Gasteiger charge is -2.09. The lowest BCUT2D eigenvalue weighted by Crippen LogP contribution is -1.95. The number of ether oxygens (including phenoxy) is 2. The van der Waals surface area contributed by atoms with E-state index in [1.54, 1.807) is 6.07 Å². The van der Waals surface area contributed by atoms with Gasteiger partial charge in [0.25, 0.3) is 0 Å². The smallest absolute Gasteiger partial charge is 0.134 e. The summed E-state index contributed by atoms with van der Waals surface area (Å²) in [5.41, 5.74) is 0.503. The summed E-state index contributed by atoms with van der Waals surface area (Å²) in [5, 5.41) is 0.423. The topological polar surface area (TPSA) is 18.5 Å². The van der Waals surface area contributed by atoms with Crippen LogP contribution in [0.5, 0.6) is 11.5 Å². The Hall–Kier alpha value is -0.770. The second kappa shape index (κ2) is 4.46. The summed E-state index contributed by atoms with van der Waals surface area (Å²) in [6, 6.07) is 2.98. The van der Waals surface area contributed by atoms with Crippen molar-refractivity contribution in [2.75, 3.05) is 14.2 Å². The van der Waals surface area contributed by atoms with E-state index < -0.39 is 0 Å². The van der Waals surface area contributed by atoms with Gasteiger partial charge in [0.05, 0.1) is 14.2 Å². The van der Waals surface area contributed by atoms with E-state index in [4.69, 9.17) is 9.47 Å². The monoisotopic (exact) mass is 248 g/mol. The molecule has 0 bridgehead atoms. The summed E-state index contributed by atoms with van der Waals surface area (Å²) >= 11 is 3.19. The summed E-state index contributed by atoms with van der Waals surface area (Å²) in [7, 11) is 2.99. The maximum absolute atomic E-state index is 13.3. The van der Waals surface area contributed by atoms with E-state index in [1.807, 2.05) is 0 Å². The Bertz CT molecular complexity index is 302. The summed E-state index contributed by atoms with van der Waals surface area (Å²) in [6.45, 7) is 0. The highest BCUT2D eigenvalue weighted by molar-refractivity contribution is 9.08. The molecule has 4 heteroatoms. The molecule has 0 N–H and O–H groups in total. The van der Waals surface area contributed by atoms with Crippen molar-refractivity contribution in [3.8, 4) is 11.5 Å². The normalized spacial score (nSPS) is 9.85. The molecule has 0 radical (unpaired) electrons. The first kappa shape index (κ1) is 10.3. The average Bonchev–Trinajstić information content (AvgIpc) is 2.16. The van der Waals surface area contributed by atoms with E-state index in [0.29, 0.717) is 22.4 Å². The van der Waals surface area contributed by atoms with Gasteiger partial charge >= 0.3 is 0 Å². The van der Waals surface area contributed by atoms with Crippen molar-refractivity contribution in [2.24, 2.45) is 0 Å². The average molecular weight is 249 g/mol. The predicted molar refractivity (Wildman–Crippen MR) is 52.1 cm³/mol. The molecular formula is C9H10BrFO2. The molecule has 0 saturated carbocycles. The van der Waals surface area contributed by atoms with Crippen molar-refractivity contribution in [3.05, 3.63) is 23.5 Å². The number of methoxy groups -OCH3 is 2. The van der Waals surface area contributed by atoms with E-state index in [2.05, 4.69) is 15.9 Å². The molecule has 0 saturated heterocycles. The fourth-order valence-corrected chi connectivity index (χ4v) is 1.56. The number of alkyl halides is 1. The quantitative estimate of drug-likeness (QED) is 0.767. The minimum atomic E-state index is -0.326. The lowest BCUT2D eigenvalue weighted by molar-refractivity contribution is 0.385. The Morgan fingerprint density at radius 1 is 1.31 bits per heavy atom. The zero-order valence-electron chi connectivity index (χ0n) is 7.43. The van der Waals surface area contributed by atoms with Crippen LogP contribution in [0.15, 0.2) is 12.1 Å². The number of rotatable bonds is 3. The van der Waals surface area contributed by atoms with Crippen molar-refractivity contribution in [3.63, 3.8) is 0 Å². The van der Waals surface area contributed by atoms with Gasteiger partial charge in [-0.2, -0.15) is 0 Å². The van der Waals surface area contributed by atoms with Gasteiger partial charge in [0.1, 0.15) is 17.3 Å². The maximum atomic E-state index is 13.3. The van der Waals surface area contributed by atoms with E-state index in [-0.39, 0.29) is 5.82 Å². The Labute approximate surface area is 84.8 Å². The summed E-state index contributed by atoms with van der Waals surface area (Å²) in [4.78, 5) is 0. The van der Waals surface area contributed by atoms with Crippen LogP contribution in [-0.2, 0) is 5.33 Å². The molecule has 72 valence electrons. The molecule has 1 aromatic carbocycles. The first-order chi connectivity index (χ1) is 6.22. The van der Waals surface area contributed by atoms with E-state index in [9.17, 15) is 4.39 Å². The highest BCUT2D eigenvalue weighted by Gasteiger charge is 2.10. The molecule has 0 amide bonds. The van der Waals surface area contributed by atoms with Crippen LogP contribution < -0.4 is 9.47 Å². The SMILES string of the molecule is COc1cc(F)c(CBr)c(OC)c1. The number of halogens is 2. The molecule has 13 heavy (non-hydrogen) atoms. The van der Waals surface area contributed by atoms with Crippen molar-refractivity contribution in [2.45, 2.75) is 5.33 Å². The summed E-state index contributed by atoms with van der Waals surface area (Å²) < 4.78 is 23.2. The largest absolute Gasteiger partial charge is 0.497 e. The van der Waals surface area contributed by atoms with Gasteiger partial charge in [-0.05, 0) is 0 Å². The minimum absolute atomic E-state index is 0.326. The van der Waals surface area contributed by atoms with Gasteiger partial charge in [0, 0.05) is 23.0 Å².